The molecule has 0 heterocycles. The van der Waals surface area contributed by atoms with Crippen LogP contribution in [0.1, 0.15) is 22.2 Å². The topological polar surface area (TPSA) is 38.3 Å². The zero-order chi connectivity index (χ0) is 12.8. The van der Waals surface area contributed by atoms with Crippen LogP contribution in [0.5, 0.6) is 0 Å². The molecule has 0 spiro atoms. The molecule has 96 valence electrons. The van der Waals surface area contributed by atoms with E-state index < -0.39 is 6.09 Å². The SMILES string of the molecule is CC(C)C(C)COC(=O)Nc1ccc(F)cc1.[HH]. The van der Waals surface area contributed by atoms with Crippen LogP contribution in [-0.2, 0) is 4.74 Å². The fourth-order valence-corrected chi connectivity index (χ4v) is 1.09. The van der Waals surface area contributed by atoms with Gasteiger partial charge in [-0.2, -0.15) is 0 Å². The van der Waals surface area contributed by atoms with E-state index in [1.54, 1.807) is 0 Å². The molecular weight excluding hydrogens is 221 g/mol. The minimum Gasteiger partial charge on any atom is -0.449 e. The summed E-state index contributed by atoms with van der Waals surface area (Å²) in [4.78, 5) is 11.4. The second kappa shape index (κ2) is 6.23. The van der Waals surface area contributed by atoms with Gasteiger partial charge in [0.2, 0.25) is 0 Å². The number of nitrogens with one attached hydrogen (secondary N) is 1. The second-order valence-electron chi connectivity index (χ2n) is 4.45. The number of hydrogen-bond acceptors (Lipinski definition) is 2. The lowest BCUT2D eigenvalue weighted by Gasteiger charge is -2.15. The quantitative estimate of drug-likeness (QED) is 0.867. The number of halogens is 1. The van der Waals surface area contributed by atoms with Gasteiger partial charge >= 0.3 is 6.09 Å². The Balaban J connectivity index is 0.00000289. The largest absolute Gasteiger partial charge is 0.449 e. The van der Waals surface area contributed by atoms with E-state index in [9.17, 15) is 9.18 Å². The maximum absolute atomic E-state index is 12.6. The van der Waals surface area contributed by atoms with Crippen molar-refractivity contribution < 1.29 is 15.3 Å². The molecule has 1 aromatic carbocycles. The van der Waals surface area contributed by atoms with Crippen LogP contribution in [0.4, 0.5) is 14.9 Å². The van der Waals surface area contributed by atoms with Crippen molar-refractivity contribution in [1.29, 1.82) is 0 Å². The highest BCUT2D eigenvalue weighted by Gasteiger charge is 2.10. The smallest absolute Gasteiger partial charge is 0.411 e. The molecular formula is C13H20FNO2. The second-order valence-corrected chi connectivity index (χ2v) is 4.45. The molecule has 0 aliphatic carbocycles. The van der Waals surface area contributed by atoms with E-state index in [4.69, 9.17) is 4.74 Å². The van der Waals surface area contributed by atoms with Crippen LogP contribution >= 0.6 is 0 Å². The standard InChI is InChI=1S/C13H18FNO2.H2/c1-9(2)10(3)8-17-13(16)15-12-6-4-11(14)5-7-12;/h4-7,9-10H,8H2,1-3H3,(H,15,16);1H. The maximum atomic E-state index is 12.6. The molecule has 0 radical (unpaired) electrons. The molecule has 3 nitrogen and oxygen atoms in total. The highest BCUT2D eigenvalue weighted by Crippen LogP contribution is 2.11. The summed E-state index contributed by atoms with van der Waals surface area (Å²) in [6.45, 7) is 6.55. The Morgan fingerprint density at radius 3 is 2.47 bits per heavy atom. The fourth-order valence-electron chi connectivity index (χ4n) is 1.09. The number of anilines is 1. The van der Waals surface area contributed by atoms with Crippen LogP contribution in [0.2, 0.25) is 0 Å². The van der Waals surface area contributed by atoms with Gasteiger partial charge in [0, 0.05) is 7.11 Å². The van der Waals surface area contributed by atoms with Crippen molar-refractivity contribution in [3.05, 3.63) is 30.1 Å². The Morgan fingerprint density at radius 1 is 1.35 bits per heavy atom. The summed E-state index contributed by atoms with van der Waals surface area (Å²) in [6, 6.07) is 5.55. The van der Waals surface area contributed by atoms with E-state index in [0.717, 1.165) is 0 Å². The number of rotatable bonds is 4. The number of carbonyl (C=O) groups excluding carboxylic acids is 1. The first-order valence-corrected chi connectivity index (χ1v) is 5.68. The molecule has 0 fully saturated rings. The molecule has 1 unspecified atom stereocenters. The number of amides is 1. The third-order valence-corrected chi connectivity index (χ3v) is 2.71. The minimum atomic E-state index is -0.510. The lowest BCUT2D eigenvalue weighted by molar-refractivity contribution is 0.133. The van der Waals surface area contributed by atoms with Crippen LogP contribution in [0.15, 0.2) is 24.3 Å². The number of carbonyl (C=O) groups is 1. The zero-order valence-electron chi connectivity index (χ0n) is 10.4. The lowest BCUT2D eigenvalue weighted by Crippen LogP contribution is -2.19. The van der Waals surface area contributed by atoms with Crippen molar-refractivity contribution in [2.24, 2.45) is 11.8 Å². The van der Waals surface area contributed by atoms with Crippen molar-refractivity contribution in [2.75, 3.05) is 11.9 Å². The molecule has 1 rings (SSSR count). The fraction of sp³-hybridized carbons (Fsp3) is 0.462. The van der Waals surface area contributed by atoms with Crippen molar-refractivity contribution in [2.45, 2.75) is 20.8 Å². The van der Waals surface area contributed by atoms with E-state index in [1.807, 2.05) is 6.92 Å². The first kappa shape index (κ1) is 13.5. The average Bonchev–Trinajstić information content (AvgIpc) is 2.29. The minimum absolute atomic E-state index is 0. The Kier molecular flexibility index (Phi) is 4.94. The predicted octanol–water partition coefficient (Wildman–Crippen LogP) is 3.91. The molecule has 1 amide bonds. The van der Waals surface area contributed by atoms with Crippen molar-refractivity contribution in [3.8, 4) is 0 Å². The van der Waals surface area contributed by atoms with Gasteiger partial charge in [-0.25, -0.2) is 9.18 Å². The van der Waals surface area contributed by atoms with Crippen molar-refractivity contribution >= 4 is 11.8 Å². The van der Waals surface area contributed by atoms with Crippen molar-refractivity contribution in [3.63, 3.8) is 0 Å². The molecule has 0 saturated carbocycles. The molecule has 1 aromatic rings. The summed E-state index contributed by atoms with van der Waals surface area (Å²) >= 11 is 0. The highest BCUT2D eigenvalue weighted by molar-refractivity contribution is 5.84. The molecule has 0 aromatic heterocycles. The molecule has 0 saturated heterocycles. The van der Waals surface area contributed by atoms with Crippen molar-refractivity contribution in [1.82, 2.24) is 0 Å². The van der Waals surface area contributed by atoms with Crippen LogP contribution in [0, 0.1) is 17.7 Å². The van der Waals surface area contributed by atoms with Gasteiger partial charge in [0.05, 0.1) is 6.61 Å². The van der Waals surface area contributed by atoms with E-state index in [0.29, 0.717) is 24.1 Å². The summed E-state index contributed by atoms with van der Waals surface area (Å²) in [6.07, 6.45) is -0.510. The molecule has 0 bridgehead atoms. The van der Waals surface area contributed by atoms with Gasteiger partial charge in [-0.3, -0.25) is 5.32 Å². The van der Waals surface area contributed by atoms with E-state index in [2.05, 4.69) is 19.2 Å². The summed E-state index contributed by atoms with van der Waals surface area (Å²) in [5, 5.41) is 2.54. The normalized spacial score (nSPS) is 12.3. The highest BCUT2D eigenvalue weighted by atomic mass is 19.1. The first-order chi connectivity index (χ1) is 7.99. The number of hydrogen-bond donors (Lipinski definition) is 1. The summed E-state index contributed by atoms with van der Waals surface area (Å²) in [5.41, 5.74) is 0.522. The van der Waals surface area contributed by atoms with Gasteiger partial charge in [-0.1, -0.05) is 20.8 Å². The molecule has 0 aliphatic rings. The molecule has 17 heavy (non-hydrogen) atoms. The van der Waals surface area contributed by atoms with Gasteiger partial charge in [-0.15, -0.1) is 0 Å². The predicted molar refractivity (Wildman–Crippen MR) is 67.5 cm³/mol. The van der Waals surface area contributed by atoms with Gasteiger partial charge in [0.15, 0.2) is 0 Å². The Bertz CT molecular complexity index is 368. The van der Waals surface area contributed by atoms with Gasteiger partial charge in [0.1, 0.15) is 5.82 Å². The molecule has 1 atom stereocenters. The molecule has 1 N–H and O–H groups in total. The van der Waals surface area contributed by atoms with Gasteiger partial charge < -0.3 is 4.74 Å². The summed E-state index contributed by atoms with van der Waals surface area (Å²) < 4.78 is 17.7. The Labute approximate surface area is 102 Å². The van der Waals surface area contributed by atoms with Crippen LogP contribution in [0.25, 0.3) is 0 Å². The number of ether oxygens (including phenoxy) is 1. The summed E-state index contributed by atoms with van der Waals surface area (Å²) in [5.74, 6) is 0.444. The summed E-state index contributed by atoms with van der Waals surface area (Å²) in [7, 11) is 0. The average molecular weight is 241 g/mol. The lowest BCUT2D eigenvalue weighted by atomic mass is 10.00. The Hall–Kier alpha value is -1.58. The van der Waals surface area contributed by atoms with E-state index >= 15 is 0 Å². The number of benzene rings is 1. The Morgan fingerprint density at radius 2 is 1.94 bits per heavy atom. The zero-order valence-corrected chi connectivity index (χ0v) is 10.4. The maximum Gasteiger partial charge on any atom is 0.411 e. The van der Waals surface area contributed by atoms with E-state index in [-0.39, 0.29) is 7.24 Å². The first-order valence-electron chi connectivity index (χ1n) is 5.68. The van der Waals surface area contributed by atoms with Crippen LogP contribution in [0.3, 0.4) is 0 Å². The van der Waals surface area contributed by atoms with Crippen LogP contribution < -0.4 is 5.32 Å². The third-order valence-electron chi connectivity index (χ3n) is 2.71. The van der Waals surface area contributed by atoms with E-state index in [1.165, 1.54) is 24.3 Å². The van der Waals surface area contributed by atoms with Gasteiger partial charge in [-0.05, 0) is 36.1 Å². The molecule has 4 heteroatoms. The third kappa shape index (κ3) is 4.85. The molecule has 0 aliphatic heterocycles. The van der Waals surface area contributed by atoms with Crippen LogP contribution in [-0.4, -0.2) is 12.7 Å². The van der Waals surface area contributed by atoms with Gasteiger partial charge in [0.25, 0.3) is 0 Å². The monoisotopic (exact) mass is 241 g/mol.